The second-order valence-corrected chi connectivity index (χ2v) is 6.42. The van der Waals surface area contributed by atoms with Crippen LogP contribution in [0.2, 0.25) is 0 Å². The third-order valence-corrected chi connectivity index (χ3v) is 4.86. The largest absolute Gasteiger partial charge is 0.493 e. The summed E-state index contributed by atoms with van der Waals surface area (Å²) in [4.78, 5) is 39.7. The molecule has 27 heavy (non-hydrogen) atoms. The summed E-state index contributed by atoms with van der Waals surface area (Å²) in [6.07, 6.45) is 0.403. The molecule has 9 nitrogen and oxygen atoms in total. The monoisotopic (exact) mass is 377 g/mol. The number of amides is 4. The molecule has 0 aromatic heterocycles. The van der Waals surface area contributed by atoms with Crippen LogP contribution >= 0.6 is 0 Å². The van der Waals surface area contributed by atoms with Crippen LogP contribution in [0, 0.1) is 0 Å². The second-order valence-electron chi connectivity index (χ2n) is 6.42. The summed E-state index contributed by atoms with van der Waals surface area (Å²) in [6, 6.07) is 2.71. The third kappa shape index (κ3) is 3.55. The van der Waals surface area contributed by atoms with Crippen molar-refractivity contribution in [1.29, 1.82) is 0 Å². The summed E-state index contributed by atoms with van der Waals surface area (Å²) >= 11 is 0. The van der Waals surface area contributed by atoms with E-state index in [0.29, 0.717) is 24.5 Å². The van der Waals surface area contributed by atoms with Gasteiger partial charge in [0.2, 0.25) is 5.91 Å². The zero-order valence-corrected chi connectivity index (χ0v) is 15.4. The number of hydrogen-bond donors (Lipinski definition) is 2. The van der Waals surface area contributed by atoms with Gasteiger partial charge in [0.1, 0.15) is 6.04 Å². The fraction of sp³-hybridized carbons (Fsp3) is 0.500. The van der Waals surface area contributed by atoms with Crippen molar-refractivity contribution in [2.45, 2.75) is 25.4 Å². The molecule has 146 valence electrons. The molecule has 1 atom stereocenters. The summed E-state index contributed by atoms with van der Waals surface area (Å²) in [5.74, 6) is 0.548. The molecular formula is C18H23N3O6. The van der Waals surface area contributed by atoms with Gasteiger partial charge in [0, 0.05) is 32.5 Å². The van der Waals surface area contributed by atoms with Crippen LogP contribution in [0.25, 0.3) is 0 Å². The van der Waals surface area contributed by atoms with Gasteiger partial charge in [-0.15, -0.1) is 0 Å². The first-order valence-electron chi connectivity index (χ1n) is 8.73. The van der Waals surface area contributed by atoms with E-state index in [9.17, 15) is 14.4 Å². The van der Waals surface area contributed by atoms with E-state index in [0.717, 1.165) is 16.0 Å². The van der Waals surface area contributed by atoms with Crippen molar-refractivity contribution in [3.05, 3.63) is 23.3 Å². The normalized spacial score (nSPS) is 18.3. The average Bonchev–Trinajstić information content (AvgIpc) is 2.91. The predicted octanol–water partition coefficient (Wildman–Crippen LogP) is -0.109. The number of ether oxygens (including phenoxy) is 2. The first-order valence-corrected chi connectivity index (χ1v) is 8.73. The van der Waals surface area contributed by atoms with Crippen molar-refractivity contribution in [3.63, 3.8) is 0 Å². The Kier molecular flexibility index (Phi) is 5.50. The molecule has 0 radical (unpaired) electrons. The van der Waals surface area contributed by atoms with Gasteiger partial charge in [0.15, 0.2) is 11.5 Å². The first kappa shape index (κ1) is 19.0. The predicted molar refractivity (Wildman–Crippen MR) is 94.4 cm³/mol. The van der Waals surface area contributed by atoms with E-state index in [1.54, 1.807) is 14.2 Å². The van der Waals surface area contributed by atoms with Gasteiger partial charge >= 0.3 is 6.03 Å². The number of aliphatic hydroxyl groups excluding tert-OH is 1. The zero-order valence-electron chi connectivity index (χ0n) is 15.4. The van der Waals surface area contributed by atoms with Crippen LogP contribution in [0.15, 0.2) is 12.1 Å². The SMILES string of the molecule is COc1cc2c(cc1OC)CN1C(=O)N(CCC(=O)NCCO)C(=O)[C@@H]1C2. The number of fused-ring (bicyclic) bond motifs is 2. The molecule has 1 aromatic carbocycles. The molecule has 2 aliphatic heterocycles. The van der Waals surface area contributed by atoms with Gasteiger partial charge in [-0.05, 0) is 23.3 Å². The fourth-order valence-corrected chi connectivity index (χ4v) is 3.47. The Morgan fingerprint density at radius 1 is 1.22 bits per heavy atom. The number of hydrogen-bond acceptors (Lipinski definition) is 6. The van der Waals surface area contributed by atoms with Gasteiger partial charge < -0.3 is 24.8 Å². The van der Waals surface area contributed by atoms with Crippen LogP contribution in [0.1, 0.15) is 17.5 Å². The molecule has 1 aromatic rings. The Morgan fingerprint density at radius 3 is 2.52 bits per heavy atom. The molecule has 2 N–H and O–H groups in total. The van der Waals surface area contributed by atoms with E-state index in [2.05, 4.69) is 5.32 Å². The maximum absolute atomic E-state index is 12.7. The Labute approximate surface area is 156 Å². The maximum atomic E-state index is 12.7. The Morgan fingerprint density at radius 2 is 1.89 bits per heavy atom. The van der Waals surface area contributed by atoms with Gasteiger partial charge in [0.25, 0.3) is 5.91 Å². The van der Waals surface area contributed by atoms with Crippen molar-refractivity contribution >= 4 is 17.8 Å². The molecule has 0 saturated carbocycles. The highest BCUT2D eigenvalue weighted by Crippen LogP contribution is 2.37. The first-order chi connectivity index (χ1) is 13.0. The molecule has 9 heteroatoms. The van der Waals surface area contributed by atoms with Crippen molar-refractivity contribution in [1.82, 2.24) is 15.1 Å². The number of methoxy groups -OCH3 is 2. The zero-order chi connectivity index (χ0) is 19.6. The minimum Gasteiger partial charge on any atom is -0.493 e. The Bertz CT molecular complexity index is 715. The fourth-order valence-electron chi connectivity index (χ4n) is 3.47. The number of nitrogens with one attached hydrogen (secondary N) is 1. The van der Waals surface area contributed by atoms with E-state index in [1.165, 1.54) is 4.90 Å². The van der Waals surface area contributed by atoms with Crippen molar-refractivity contribution in [3.8, 4) is 11.5 Å². The summed E-state index contributed by atoms with van der Waals surface area (Å²) in [6.45, 7) is 0.311. The van der Waals surface area contributed by atoms with Crippen molar-refractivity contribution < 1.29 is 29.0 Å². The van der Waals surface area contributed by atoms with E-state index >= 15 is 0 Å². The van der Waals surface area contributed by atoms with Gasteiger partial charge in [-0.2, -0.15) is 0 Å². The van der Waals surface area contributed by atoms with Gasteiger partial charge in [-0.3, -0.25) is 14.5 Å². The van der Waals surface area contributed by atoms with E-state index in [1.807, 2.05) is 12.1 Å². The molecule has 0 bridgehead atoms. The molecule has 0 aliphatic carbocycles. The highest BCUT2D eigenvalue weighted by molar-refractivity contribution is 6.04. The van der Waals surface area contributed by atoms with Crippen molar-refractivity contribution in [2.75, 3.05) is 33.9 Å². The topological polar surface area (TPSA) is 108 Å². The summed E-state index contributed by atoms with van der Waals surface area (Å²) in [7, 11) is 3.09. The van der Waals surface area contributed by atoms with Gasteiger partial charge in [-0.1, -0.05) is 0 Å². The highest BCUT2D eigenvalue weighted by Gasteiger charge is 2.47. The van der Waals surface area contributed by atoms with Crippen LogP contribution < -0.4 is 14.8 Å². The molecular weight excluding hydrogens is 354 g/mol. The summed E-state index contributed by atoms with van der Waals surface area (Å²) in [5.41, 5.74) is 1.85. The van der Waals surface area contributed by atoms with Crippen LogP contribution in [0.4, 0.5) is 4.79 Å². The smallest absolute Gasteiger partial charge is 0.327 e. The number of imide groups is 1. The number of nitrogens with zero attached hydrogens (tertiary/aromatic N) is 2. The number of rotatable bonds is 7. The maximum Gasteiger partial charge on any atom is 0.327 e. The van der Waals surface area contributed by atoms with E-state index < -0.39 is 6.04 Å². The van der Waals surface area contributed by atoms with Crippen molar-refractivity contribution in [2.24, 2.45) is 0 Å². The Hall–Kier alpha value is -2.81. The lowest BCUT2D eigenvalue weighted by molar-refractivity contribution is -0.129. The summed E-state index contributed by atoms with van der Waals surface area (Å²) in [5, 5.41) is 11.2. The minimum atomic E-state index is -0.566. The van der Waals surface area contributed by atoms with Crippen LogP contribution in [-0.2, 0) is 22.6 Å². The number of benzene rings is 1. The molecule has 1 fully saturated rings. The molecule has 2 heterocycles. The van der Waals surface area contributed by atoms with E-state index in [-0.39, 0.29) is 44.0 Å². The van der Waals surface area contributed by atoms with E-state index in [4.69, 9.17) is 14.6 Å². The minimum absolute atomic E-state index is 0.00658. The van der Waals surface area contributed by atoms with Crippen LogP contribution in [-0.4, -0.2) is 72.7 Å². The molecule has 0 unspecified atom stereocenters. The number of carbonyl (C=O) groups excluding carboxylic acids is 3. The van der Waals surface area contributed by atoms with Gasteiger partial charge in [-0.25, -0.2) is 4.79 Å². The molecule has 3 rings (SSSR count). The number of aliphatic hydroxyl groups is 1. The lowest BCUT2D eigenvalue weighted by atomic mass is 9.94. The molecule has 2 aliphatic rings. The Balaban J connectivity index is 1.74. The standard InChI is InChI=1S/C18H23N3O6/c1-26-14-8-11-7-13-17(24)20(5-3-16(23)19-4-6-22)18(25)21(13)10-12(11)9-15(14)27-2/h8-9,13,22H,3-7,10H2,1-2H3,(H,19,23)/t13-/m0/s1. The lowest BCUT2D eigenvalue weighted by Gasteiger charge is -2.29. The van der Waals surface area contributed by atoms with Crippen LogP contribution in [0.5, 0.6) is 11.5 Å². The number of urea groups is 1. The average molecular weight is 377 g/mol. The molecule has 1 saturated heterocycles. The van der Waals surface area contributed by atoms with Crippen LogP contribution in [0.3, 0.4) is 0 Å². The highest BCUT2D eigenvalue weighted by atomic mass is 16.5. The number of carbonyl (C=O) groups is 3. The summed E-state index contributed by atoms with van der Waals surface area (Å²) < 4.78 is 10.6. The molecule has 4 amide bonds. The molecule has 0 spiro atoms. The lowest BCUT2D eigenvalue weighted by Crippen LogP contribution is -2.40. The second kappa shape index (κ2) is 7.83. The van der Waals surface area contributed by atoms with Gasteiger partial charge in [0.05, 0.1) is 20.8 Å². The third-order valence-electron chi connectivity index (χ3n) is 4.86. The quantitative estimate of drug-likeness (QED) is 0.642.